The molecular formula is C20H27N5OS. The lowest BCUT2D eigenvalue weighted by molar-refractivity contribution is -0.113. The van der Waals surface area contributed by atoms with E-state index in [1.165, 1.54) is 43.0 Å². The number of nitrogens with one attached hydrogen (secondary N) is 1. The molecule has 1 N–H and O–H groups in total. The standard InChI is InChI=1S/C20H27N5OS/c1-14(2)15-5-7-16(8-6-15)21-18(26)13-27-20-23-22-19(24-11-3-4-12-24)25(20)17-9-10-17/h5-8,14,17H,3-4,9-13H2,1-2H3,(H,21,26). The molecule has 1 aromatic carbocycles. The van der Waals surface area contributed by atoms with Gasteiger partial charge < -0.3 is 10.2 Å². The molecule has 2 aromatic rings. The van der Waals surface area contributed by atoms with E-state index in [1.54, 1.807) is 0 Å². The van der Waals surface area contributed by atoms with E-state index in [0.29, 0.717) is 17.7 Å². The minimum Gasteiger partial charge on any atom is -0.341 e. The third-order valence-electron chi connectivity index (χ3n) is 5.14. The summed E-state index contributed by atoms with van der Waals surface area (Å²) in [5, 5.41) is 12.7. The van der Waals surface area contributed by atoms with E-state index in [2.05, 4.69) is 51.0 Å². The van der Waals surface area contributed by atoms with Gasteiger partial charge in [0.1, 0.15) is 0 Å². The second-order valence-corrected chi connectivity index (χ2v) is 8.63. The maximum absolute atomic E-state index is 12.4. The molecule has 144 valence electrons. The molecule has 1 aromatic heterocycles. The Kier molecular flexibility index (Phi) is 5.38. The summed E-state index contributed by atoms with van der Waals surface area (Å²) in [7, 11) is 0. The fourth-order valence-corrected chi connectivity index (χ4v) is 4.23. The molecule has 0 unspecified atom stereocenters. The number of amides is 1. The summed E-state index contributed by atoms with van der Waals surface area (Å²) in [6.07, 6.45) is 4.80. The van der Waals surface area contributed by atoms with Crippen LogP contribution < -0.4 is 10.2 Å². The minimum absolute atomic E-state index is 0.00892. The van der Waals surface area contributed by atoms with Crippen molar-refractivity contribution < 1.29 is 4.79 Å². The number of carbonyl (C=O) groups is 1. The summed E-state index contributed by atoms with van der Waals surface area (Å²) < 4.78 is 2.25. The average molecular weight is 386 g/mol. The zero-order chi connectivity index (χ0) is 18.8. The number of rotatable bonds is 7. The highest BCUT2D eigenvalue weighted by molar-refractivity contribution is 7.99. The van der Waals surface area contributed by atoms with Crippen LogP contribution in [-0.2, 0) is 4.79 Å². The van der Waals surface area contributed by atoms with Gasteiger partial charge >= 0.3 is 0 Å². The van der Waals surface area contributed by atoms with Crippen molar-refractivity contribution in [1.29, 1.82) is 0 Å². The van der Waals surface area contributed by atoms with Crippen molar-refractivity contribution in [2.24, 2.45) is 0 Å². The number of thioether (sulfide) groups is 1. The van der Waals surface area contributed by atoms with Gasteiger partial charge in [0.15, 0.2) is 5.16 Å². The number of aromatic nitrogens is 3. The average Bonchev–Trinajstić information content (AvgIpc) is 3.18. The smallest absolute Gasteiger partial charge is 0.234 e. The van der Waals surface area contributed by atoms with Crippen LogP contribution in [0.2, 0.25) is 0 Å². The van der Waals surface area contributed by atoms with Crippen molar-refractivity contribution in [3.8, 4) is 0 Å². The second kappa shape index (κ2) is 7.92. The van der Waals surface area contributed by atoms with Crippen LogP contribution in [0.4, 0.5) is 11.6 Å². The first kappa shape index (κ1) is 18.3. The third kappa shape index (κ3) is 4.29. The minimum atomic E-state index is -0.00892. The quantitative estimate of drug-likeness (QED) is 0.728. The lowest BCUT2D eigenvalue weighted by Crippen LogP contribution is -2.22. The van der Waals surface area contributed by atoms with E-state index in [0.717, 1.165) is 29.9 Å². The molecule has 7 heteroatoms. The third-order valence-corrected chi connectivity index (χ3v) is 6.08. The predicted molar refractivity (Wildman–Crippen MR) is 110 cm³/mol. The molecule has 1 saturated heterocycles. The SMILES string of the molecule is CC(C)c1ccc(NC(=O)CSc2nnc(N3CCCC3)n2C2CC2)cc1. The maximum Gasteiger partial charge on any atom is 0.234 e. The lowest BCUT2D eigenvalue weighted by atomic mass is 10.0. The second-order valence-electron chi connectivity index (χ2n) is 7.69. The highest BCUT2D eigenvalue weighted by atomic mass is 32.2. The molecular weight excluding hydrogens is 358 g/mol. The van der Waals surface area contributed by atoms with Crippen molar-refractivity contribution in [2.45, 2.75) is 56.6 Å². The van der Waals surface area contributed by atoms with Crippen LogP contribution >= 0.6 is 11.8 Å². The Bertz CT molecular complexity index is 791. The molecule has 0 bridgehead atoms. The summed E-state index contributed by atoms with van der Waals surface area (Å²) in [4.78, 5) is 14.7. The van der Waals surface area contributed by atoms with Crippen LogP contribution in [0, 0.1) is 0 Å². The van der Waals surface area contributed by atoms with E-state index in [9.17, 15) is 4.79 Å². The molecule has 1 aliphatic heterocycles. The maximum atomic E-state index is 12.4. The van der Waals surface area contributed by atoms with Crippen molar-refractivity contribution in [1.82, 2.24) is 14.8 Å². The summed E-state index contributed by atoms with van der Waals surface area (Å²) in [6.45, 7) is 6.44. The molecule has 6 nitrogen and oxygen atoms in total. The van der Waals surface area contributed by atoms with Crippen LogP contribution in [0.5, 0.6) is 0 Å². The van der Waals surface area contributed by atoms with E-state index in [4.69, 9.17) is 0 Å². The summed E-state index contributed by atoms with van der Waals surface area (Å²) in [5.74, 6) is 1.81. The Morgan fingerprint density at radius 2 is 1.89 bits per heavy atom. The normalized spacial score (nSPS) is 16.9. The molecule has 1 aliphatic carbocycles. The van der Waals surface area contributed by atoms with Gasteiger partial charge in [-0.15, -0.1) is 10.2 Å². The van der Waals surface area contributed by atoms with E-state index in [1.807, 2.05) is 12.1 Å². The van der Waals surface area contributed by atoms with Gasteiger partial charge in [0, 0.05) is 24.8 Å². The van der Waals surface area contributed by atoms with Gasteiger partial charge in [-0.05, 0) is 49.3 Å². The number of hydrogen-bond donors (Lipinski definition) is 1. The van der Waals surface area contributed by atoms with E-state index in [-0.39, 0.29) is 5.91 Å². The van der Waals surface area contributed by atoms with Gasteiger partial charge in [-0.2, -0.15) is 0 Å². The fourth-order valence-electron chi connectivity index (χ4n) is 3.43. The molecule has 4 rings (SSSR count). The first-order chi connectivity index (χ1) is 13.1. The van der Waals surface area contributed by atoms with Crippen LogP contribution in [0.1, 0.15) is 57.1 Å². The van der Waals surface area contributed by atoms with Gasteiger partial charge in [-0.25, -0.2) is 0 Å². The van der Waals surface area contributed by atoms with Crippen molar-refractivity contribution in [3.05, 3.63) is 29.8 Å². The van der Waals surface area contributed by atoms with Crippen molar-refractivity contribution >= 4 is 29.3 Å². The van der Waals surface area contributed by atoms with E-state index < -0.39 is 0 Å². The van der Waals surface area contributed by atoms with Gasteiger partial charge in [0.2, 0.25) is 11.9 Å². The molecule has 0 radical (unpaired) electrons. The zero-order valence-electron chi connectivity index (χ0n) is 16.0. The van der Waals surface area contributed by atoms with Crippen LogP contribution in [0.25, 0.3) is 0 Å². The predicted octanol–water partition coefficient (Wildman–Crippen LogP) is 4.07. The monoisotopic (exact) mass is 385 g/mol. The molecule has 0 atom stereocenters. The molecule has 1 saturated carbocycles. The molecule has 2 aliphatic rings. The summed E-state index contributed by atoms with van der Waals surface area (Å²) in [5.41, 5.74) is 2.11. The first-order valence-corrected chi connectivity index (χ1v) is 10.8. The molecule has 2 heterocycles. The summed E-state index contributed by atoms with van der Waals surface area (Å²) >= 11 is 1.48. The largest absolute Gasteiger partial charge is 0.341 e. The number of hydrogen-bond acceptors (Lipinski definition) is 5. The Morgan fingerprint density at radius 1 is 1.19 bits per heavy atom. The molecule has 27 heavy (non-hydrogen) atoms. The van der Waals surface area contributed by atoms with Gasteiger partial charge in [0.25, 0.3) is 0 Å². The Balaban J connectivity index is 1.37. The van der Waals surface area contributed by atoms with E-state index >= 15 is 0 Å². The Hall–Kier alpha value is -2.02. The zero-order valence-corrected chi connectivity index (χ0v) is 16.8. The van der Waals surface area contributed by atoms with Crippen LogP contribution in [0.3, 0.4) is 0 Å². The van der Waals surface area contributed by atoms with Crippen LogP contribution in [-0.4, -0.2) is 39.5 Å². The lowest BCUT2D eigenvalue weighted by Gasteiger charge is -2.17. The van der Waals surface area contributed by atoms with Crippen LogP contribution in [0.15, 0.2) is 29.4 Å². The van der Waals surface area contributed by atoms with Gasteiger partial charge in [-0.3, -0.25) is 9.36 Å². The Labute approximate surface area is 164 Å². The summed E-state index contributed by atoms with van der Waals surface area (Å²) in [6, 6.07) is 8.58. The first-order valence-electron chi connectivity index (χ1n) is 9.84. The molecule has 1 amide bonds. The fraction of sp³-hybridized carbons (Fsp3) is 0.550. The Morgan fingerprint density at radius 3 is 2.52 bits per heavy atom. The molecule has 2 fully saturated rings. The highest BCUT2D eigenvalue weighted by Gasteiger charge is 2.32. The molecule has 0 spiro atoms. The van der Waals surface area contributed by atoms with Gasteiger partial charge in [0.05, 0.1) is 5.75 Å². The van der Waals surface area contributed by atoms with Crippen molar-refractivity contribution in [2.75, 3.05) is 29.1 Å². The highest BCUT2D eigenvalue weighted by Crippen LogP contribution is 2.41. The van der Waals surface area contributed by atoms with Crippen molar-refractivity contribution in [3.63, 3.8) is 0 Å². The van der Waals surface area contributed by atoms with Gasteiger partial charge in [-0.1, -0.05) is 37.7 Å². The topological polar surface area (TPSA) is 63.1 Å². The number of benzene rings is 1. The number of anilines is 2. The number of nitrogens with zero attached hydrogens (tertiary/aromatic N) is 4. The number of carbonyl (C=O) groups excluding carboxylic acids is 1.